The van der Waals surface area contributed by atoms with Crippen LogP contribution in [0.3, 0.4) is 0 Å². The molecule has 0 bridgehead atoms. The molecule has 0 radical (unpaired) electrons. The molecule has 0 aliphatic heterocycles. The maximum absolute atomic E-state index is 12.1. The van der Waals surface area contributed by atoms with Crippen LogP contribution in [0.25, 0.3) is 0 Å². The molecule has 0 fully saturated rings. The fourth-order valence-corrected chi connectivity index (χ4v) is 2.18. The van der Waals surface area contributed by atoms with Crippen molar-refractivity contribution in [2.24, 2.45) is 0 Å². The molecule has 0 aliphatic rings. The quantitative estimate of drug-likeness (QED) is 0.943. The second kappa shape index (κ2) is 6.68. The molecule has 0 spiro atoms. The van der Waals surface area contributed by atoms with Crippen LogP contribution in [0.15, 0.2) is 30.3 Å². The van der Waals surface area contributed by atoms with E-state index in [9.17, 15) is 4.79 Å². The van der Waals surface area contributed by atoms with Crippen LogP contribution in [0.5, 0.6) is 0 Å². The highest BCUT2D eigenvalue weighted by Gasteiger charge is 2.13. The number of halogens is 2. The van der Waals surface area contributed by atoms with Crippen molar-refractivity contribution in [3.05, 3.63) is 57.3 Å². The average molecular weight is 310 g/mol. The molecular formula is C14H13Cl2N3O. The molecule has 1 amide bonds. The second-order valence-corrected chi connectivity index (χ2v) is 4.92. The Morgan fingerprint density at radius 1 is 1.20 bits per heavy atom. The van der Waals surface area contributed by atoms with Crippen LogP contribution in [0.1, 0.15) is 28.4 Å². The van der Waals surface area contributed by atoms with Crippen molar-refractivity contribution in [3.8, 4) is 0 Å². The fourth-order valence-electron chi connectivity index (χ4n) is 1.86. The maximum Gasteiger partial charge on any atom is 0.254 e. The lowest BCUT2D eigenvalue weighted by molar-refractivity contribution is 0.0950. The molecule has 1 heterocycles. The van der Waals surface area contributed by atoms with Crippen molar-refractivity contribution < 1.29 is 4.79 Å². The van der Waals surface area contributed by atoms with Gasteiger partial charge >= 0.3 is 0 Å². The highest BCUT2D eigenvalue weighted by Crippen LogP contribution is 2.16. The number of carbonyl (C=O) groups excluding carboxylic acids is 1. The van der Waals surface area contributed by atoms with Crippen molar-refractivity contribution in [2.75, 3.05) is 0 Å². The van der Waals surface area contributed by atoms with Gasteiger partial charge in [-0.15, -0.1) is 10.2 Å². The Bertz CT molecular complexity index is 632. The molecule has 0 saturated carbocycles. The molecule has 2 rings (SSSR count). The van der Waals surface area contributed by atoms with E-state index in [-0.39, 0.29) is 21.8 Å². The first-order valence-electron chi connectivity index (χ1n) is 6.15. The lowest BCUT2D eigenvalue weighted by Gasteiger charge is -2.09. The van der Waals surface area contributed by atoms with Gasteiger partial charge in [-0.05, 0) is 23.6 Å². The number of rotatable bonds is 4. The fraction of sp³-hybridized carbons (Fsp3) is 0.214. The first-order chi connectivity index (χ1) is 9.61. The van der Waals surface area contributed by atoms with Gasteiger partial charge in [-0.3, -0.25) is 4.79 Å². The van der Waals surface area contributed by atoms with E-state index in [4.69, 9.17) is 23.2 Å². The van der Waals surface area contributed by atoms with Gasteiger partial charge in [-0.1, -0.05) is 54.4 Å². The van der Waals surface area contributed by atoms with Gasteiger partial charge in [0.25, 0.3) is 5.91 Å². The molecule has 6 heteroatoms. The molecule has 1 N–H and O–H groups in total. The summed E-state index contributed by atoms with van der Waals surface area (Å²) >= 11 is 11.6. The van der Waals surface area contributed by atoms with Crippen LogP contribution in [0.2, 0.25) is 10.3 Å². The first-order valence-corrected chi connectivity index (χ1v) is 6.91. The Morgan fingerprint density at radius 2 is 1.90 bits per heavy atom. The third-order valence-electron chi connectivity index (χ3n) is 2.90. The van der Waals surface area contributed by atoms with Crippen molar-refractivity contribution in [1.82, 2.24) is 15.5 Å². The van der Waals surface area contributed by atoms with Crippen LogP contribution >= 0.6 is 23.2 Å². The second-order valence-electron chi connectivity index (χ2n) is 4.18. The predicted octanol–water partition coefficient (Wildman–Crippen LogP) is 3.28. The van der Waals surface area contributed by atoms with Crippen LogP contribution in [-0.4, -0.2) is 16.1 Å². The number of aryl methyl sites for hydroxylation is 1. The van der Waals surface area contributed by atoms with Gasteiger partial charge in [-0.25, -0.2) is 0 Å². The zero-order chi connectivity index (χ0) is 14.5. The van der Waals surface area contributed by atoms with E-state index in [1.807, 2.05) is 24.3 Å². The highest BCUT2D eigenvalue weighted by atomic mass is 35.5. The Hall–Kier alpha value is -1.65. The third-order valence-corrected chi connectivity index (χ3v) is 3.37. The van der Waals surface area contributed by atoms with Gasteiger partial charge in [0.05, 0.1) is 5.56 Å². The normalized spacial score (nSPS) is 10.3. The van der Waals surface area contributed by atoms with E-state index < -0.39 is 0 Å². The summed E-state index contributed by atoms with van der Waals surface area (Å²) in [6.45, 7) is 2.50. The van der Waals surface area contributed by atoms with Gasteiger partial charge in [0, 0.05) is 6.54 Å². The summed E-state index contributed by atoms with van der Waals surface area (Å²) in [5, 5.41) is 10.2. The summed E-state index contributed by atoms with van der Waals surface area (Å²) in [6.07, 6.45) is 0.912. The zero-order valence-corrected chi connectivity index (χ0v) is 12.4. The molecule has 0 saturated heterocycles. The van der Waals surface area contributed by atoms with E-state index >= 15 is 0 Å². The van der Waals surface area contributed by atoms with E-state index in [0.29, 0.717) is 6.54 Å². The minimum absolute atomic E-state index is 0.0377. The number of amides is 1. The predicted molar refractivity (Wildman–Crippen MR) is 79.0 cm³/mol. The van der Waals surface area contributed by atoms with Crippen LogP contribution in [0, 0.1) is 0 Å². The molecule has 0 atom stereocenters. The molecule has 104 valence electrons. The van der Waals surface area contributed by atoms with Crippen molar-refractivity contribution in [1.29, 1.82) is 0 Å². The van der Waals surface area contributed by atoms with Gasteiger partial charge in [-0.2, -0.15) is 0 Å². The number of hydrogen-bond donors (Lipinski definition) is 1. The minimum Gasteiger partial charge on any atom is -0.348 e. The van der Waals surface area contributed by atoms with Gasteiger partial charge in [0.15, 0.2) is 10.3 Å². The molecular weight excluding hydrogens is 297 g/mol. The standard InChI is InChI=1S/C14H13Cl2N3O/c1-2-9-5-3-4-6-10(9)8-17-14(20)11-7-12(15)18-19-13(11)16/h3-7H,2,8H2,1H3,(H,17,20). The summed E-state index contributed by atoms with van der Waals surface area (Å²) in [5.74, 6) is -0.322. The monoisotopic (exact) mass is 309 g/mol. The van der Waals surface area contributed by atoms with Gasteiger partial charge in [0.2, 0.25) is 0 Å². The van der Waals surface area contributed by atoms with E-state index in [1.165, 1.54) is 11.6 Å². The van der Waals surface area contributed by atoms with E-state index in [1.54, 1.807) is 0 Å². The van der Waals surface area contributed by atoms with Crippen molar-refractivity contribution in [2.45, 2.75) is 19.9 Å². The zero-order valence-electron chi connectivity index (χ0n) is 10.9. The highest BCUT2D eigenvalue weighted by molar-refractivity contribution is 6.34. The number of benzene rings is 1. The Morgan fingerprint density at radius 3 is 2.60 bits per heavy atom. The molecule has 2 aromatic rings. The van der Waals surface area contributed by atoms with Crippen LogP contribution in [-0.2, 0) is 13.0 Å². The molecule has 20 heavy (non-hydrogen) atoms. The molecule has 4 nitrogen and oxygen atoms in total. The number of nitrogens with one attached hydrogen (secondary N) is 1. The summed E-state index contributed by atoms with van der Waals surface area (Å²) < 4.78 is 0. The molecule has 1 aromatic carbocycles. The summed E-state index contributed by atoms with van der Waals surface area (Å²) in [4.78, 5) is 12.1. The Labute approximate surface area is 127 Å². The molecule has 0 unspecified atom stereocenters. The molecule has 1 aromatic heterocycles. The van der Waals surface area contributed by atoms with Crippen LogP contribution < -0.4 is 5.32 Å². The van der Waals surface area contributed by atoms with Crippen molar-refractivity contribution in [3.63, 3.8) is 0 Å². The summed E-state index contributed by atoms with van der Waals surface area (Å²) in [6, 6.07) is 9.35. The average Bonchev–Trinajstić information content (AvgIpc) is 2.47. The van der Waals surface area contributed by atoms with E-state index in [0.717, 1.165) is 12.0 Å². The third kappa shape index (κ3) is 3.46. The topological polar surface area (TPSA) is 54.9 Å². The van der Waals surface area contributed by atoms with Gasteiger partial charge < -0.3 is 5.32 Å². The SMILES string of the molecule is CCc1ccccc1CNC(=O)c1cc(Cl)nnc1Cl. The lowest BCUT2D eigenvalue weighted by Crippen LogP contribution is -2.24. The van der Waals surface area contributed by atoms with E-state index in [2.05, 4.69) is 22.4 Å². The first kappa shape index (κ1) is 14.8. The summed E-state index contributed by atoms with van der Waals surface area (Å²) in [5.41, 5.74) is 2.50. The van der Waals surface area contributed by atoms with Gasteiger partial charge in [0.1, 0.15) is 0 Å². The molecule has 0 aliphatic carbocycles. The van der Waals surface area contributed by atoms with Crippen molar-refractivity contribution >= 4 is 29.1 Å². The number of nitrogens with zero attached hydrogens (tertiary/aromatic N) is 2. The Kier molecular flexibility index (Phi) is 4.93. The maximum atomic E-state index is 12.1. The number of carbonyl (C=O) groups is 1. The smallest absolute Gasteiger partial charge is 0.254 e. The lowest BCUT2D eigenvalue weighted by atomic mass is 10.1. The minimum atomic E-state index is -0.322. The van der Waals surface area contributed by atoms with Crippen LogP contribution in [0.4, 0.5) is 0 Å². The Balaban J connectivity index is 2.11. The summed E-state index contributed by atoms with van der Waals surface area (Å²) in [7, 11) is 0. The largest absolute Gasteiger partial charge is 0.348 e. The number of aromatic nitrogens is 2. The number of hydrogen-bond acceptors (Lipinski definition) is 3.